The SMILES string of the molecule is CC(=O)N(c1ccc(Cl)cc1)[C@@H]1C[C@H](C)N(C(=O)c2ccc(OCCCC(C)NC(=O)O)cc2)c2ccccc21. The Labute approximate surface area is 239 Å². The second-order valence-electron chi connectivity index (χ2n) is 10.1. The quantitative estimate of drug-likeness (QED) is 0.283. The summed E-state index contributed by atoms with van der Waals surface area (Å²) in [5.74, 6) is 0.430. The Balaban J connectivity index is 1.50. The van der Waals surface area contributed by atoms with E-state index in [1.165, 1.54) is 0 Å². The van der Waals surface area contributed by atoms with Gasteiger partial charge in [0.25, 0.3) is 5.91 Å². The van der Waals surface area contributed by atoms with Crippen molar-refractivity contribution in [3.63, 3.8) is 0 Å². The molecule has 1 unspecified atom stereocenters. The van der Waals surface area contributed by atoms with Gasteiger partial charge in [0.2, 0.25) is 5.91 Å². The Morgan fingerprint density at radius 3 is 2.40 bits per heavy atom. The van der Waals surface area contributed by atoms with E-state index in [0.717, 1.165) is 16.9 Å². The number of para-hydroxylation sites is 1. The number of ether oxygens (including phenoxy) is 1. The molecular weight excluding hydrogens is 530 g/mol. The maximum atomic E-state index is 13.8. The Bertz CT molecular complexity index is 1350. The van der Waals surface area contributed by atoms with Gasteiger partial charge in [-0.05, 0) is 93.3 Å². The molecule has 0 aromatic heterocycles. The monoisotopic (exact) mass is 563 g/mol. The number of carbonyl (C=O) groups excluding carboxylic acids is 2. The van der Waals surface area contributed by atoms with E-state index >= 15 is 0 Å². The van der Waals surface area contributed by atoms with E-state index in [2.05, 4.69) is 5.32 Å². The molecule has 1 heterocycles. The number of hydrogen-bond donors (Lipinski definition) is 2. The molecule has 0 aliphatic carbocycles. The minimum absolute atomic E-state index is 0.0858. The van der Waals surface area contributed by atoms with Crippen molar-refractivity contribution in [2.45, 2.75) is 58.2 Å². The van der Waals surface area contributed by atoms with Gasteiger partial charge in [-0.3, -0.25) is 9.59 Å². The van der Waals surface area contributed by atoms with Crippen molar-refractivity contribution in [1.82, 2.24) is 5.32 Å². The summed E-state index contributed by atoms with van der Waals surface area (Å²) in [5, 5.41) is 11.8. The van der Waals surface area contributed by atoms with E-state index < -0.39 is 6.09 Å². The lowest BCUT2D eigenvalue weighted by Gasteiger charge is -2.43. The van der Waals surface area contributed by atoms with Crippen LogP contribution in [0.15, 0.2) is 72.8 Å². The van der Waals surface area contributed by atoms with E-state index in [1.54, 1.807) is 53.1 Å². The van der Waals surface area contributed by atoms with Crippen LogP contribution in [0.2, 0.25) is 5.02 Å². The Hall–Kier alpha value is -4.04. The number of amides is 3. The van der Waals surface area contributed by atoms with Crippen LogP contribution in [-0.4, -0.2) is 41.7 Å². The normalized spacial score (nSPS) is 16.9. The molecule has 0 saturated heterocycles. The molecule has 4 rings (SSSR count). The zero-order valence-electron chi connectivity index (χ0n) is 22.8. The minimum atomic E-state index is -1.03. The summed E-state index contributed by atoms with van der Waals surface area (Å²) in [6.07, 6.45) is 0.891. The van der Waals surface area contributed by atoms with Crippen molar-refractivity contribution in [3.05, 3.63) is 88.9 Å². The van der Waals surface area contributed by atoms with Gasteiger partial charge in [0.1, 0.15) is 5.75 Å². The highest BCUT2D eigenvalue weighted by Gasteiger charge is 2.38. The molecule has 3 atom stereocenters. The van der Waals surface area contributed by atoms with Crippen LogP contribution < -0.4 is 19.9 Å². The van der Waals surface area contributed by atoms with E-state index in [1.807, 2.05) is 50.2 Å². The molecule has 0 spiro atoms. The first-order valence-electron chi connectivity index (χ1n) is 13.4. The van der Waals surface area contributed by atoms with Crippen molar-refractivity contribution in [2.24, 2.45) is 0 Å². The summed E-state index contributed by atoms with van der Waals surface area (Å²) in [4.78, 5) is 40.9. The highest BCUT2D eigenvalue weighted by molar-refractivity contribution is 6.30. The fourth-order valence-electron chi connectivity index (χ4n) is 5.21. The molecule has 0 radical (unpaired) electrons. The highest BCUT2D eigenvalue weighted by Crippen LogP contribution is 2.43. The number of hydrogen-bond acceptors (Lipinski definition) is 4. The van der Waals surface area contributed by atoms with Gasteiger partial charge >= 0.3 is 6.09 Å². The summed E-state index contributed by atoms with van der Waals surface area (Å²) in [6.45, 7) is 5.80. The molecule has 3 aromatic rings. The van der Waals surface area contributed by atoms with Gasteiger partial charge in [0.05, 0.1) is 12.6 Å². The van der Waals surface area contributed by atoms with Crippen LogP contribution in [0.25, 0.3) is 0 Å². The average Bonchev–Trinajstić information content (AvgIpc) is 2.92. The van der Waals surface area contributed by atoms with Gasteiger partial charge in [0, 0.05) is 41.0 Å². The second-order valence-corrected chi connectivity index (χ2v) is 10.5. The Morgan fingerprint density at radius 1 is 1.07 bits per heavy atom. The van der Waals surface area contributed by atoms with Crippen LogP contribution in [0.5, 0.6) is 5.75 Å². The minimum Gasteiger partial charge on any atom is -0.494 e. The first-order chi connectivity index (χ1) is 19.2. The maximum Gasteiger partial charge on any atom is 0.404 e. The molecule has 0 fully saturated rings. The fourth-order valence-corrected chi connectivity index (χ4v) is 5.34. The summed E-state index contributed by atoms with van der Waals surface area (Å²) >= 11 is 6.09. The third-order valence-corrected chi connectivity index (χ3v) is 7.31. The third-order valence-electron chi connectivity index (χ3n) is 7.06. The summed E-state index contributed by atoms with van der Waals surface area (Å²) in [7, 11) is 0. The van der Waals surface area contributed by atoms with Crippen molar-refractivity contribution in [2.75, 3.05) is 16.4 Å². The standard InChI is InChI=1S/C31H34ClN3O5/c1-20(33-31(38)39)7-6-18-40-26-16-10-23(11-17-26)30(37)34-21(2)19-29(27-8-4-5-9-28(27)34)35(22(3)36)25-14-12-24(32)13-15-25/h4-5,8-17,20-21,29,33H,6-7,18-19H2,1-3H3,(H,38,39)/t20?,21-,29+/m0/s1. The zero-order chi connectivity index (χ0) is 28.8. The van der Waals surface area contributed by atoms with E-state index in [9.17, 15) is 14.4 Å². The molecule has 1 aliphatic rings. The molecule has 0 bridgehead atoms. The number of nitrogens with one attached hydrogen (secondary N) is 1. The molecule has 9 heteroatoms. The number of carbonyl (C=O) groups is 3. The van der Waals surface area contributed by atoms with Crippen molar-refractivity contribution in [3.8, 4) is 5.75 Å². The van der Waals surface area contributed by atoms with Gasteiger partial charge in [-0.1, -0.05) is 29.8 Å². The van der Waals surface area contributed by atoms with Gasteiger partial charge in [-0.15, -0.1) is 0 Å². The topological polar surface area (TPSA) is 99.2 Å². The molecule has 8 nitrogen and oxygen atoms in total. The largest absolute Gasteiger partial charge is 0.494 e. The number of anilines is 2. The smallest absolute Gasteiger partial charge is 0.404 e. The lowest BCUT2D eigenvalue weighted by atomic mass is 9.89. The number of carboxylic acid groups (broad SMARTS) is 1. The van der Waals surface area contributed by atoms with Gasteiger partial charge in [0.15, 0.2) is 0 Å². The van der Waals surface area contributed by atoms with E-state index in [4.69, 9.17) is 21.4 Å². The lowest BCUT2D eigenvalue weighted by Crippen LogP contribution is -2.47. The van der Waals surface area contributed by atoms with Crippen LogP contribution in [0.4, 0.5) is 16.2 Å². The summed E-state index contributed by atoms with van der Waals surface area (Å²) in [5.41, 5.74) is 2.98. The predicted molar refractivity (Wildman–Crippen MR) is 156 cm³/mol. The van der Waals surface area contributed by atoms with Gasteiger partial charge in [-0.25, -0.2) is 4.79 Å². The van der Waals surface area contributed by atoms with Crippen LogP contribution in [-0.2, 0) is 4.79 Å². The average molecular weight is 564 g/mol. The van der Waals surface area contributed by atoms with Crippen LogP contribution in [0, 0.1) is 0 Å². The molecule has 0 saturated carbocycles. The van der Waals surface area contributed by atoms with Crippen LogP contribution in [0.3, 0.4) is 0 Å². The van der Waals surface area contributed by atoms with Crippen molar-refractivity contribution < 1.29 is 24.2 Å². The lowest BCUT2D eigenvalue weighted by molar-refractivity contribution is -0.117. The van der Waals surface area contributed by atoms with E-state index in [-0.39, 0.29) is 29.9 Å². The molecule has 2 N–H and O–H groups in total. The van der Waals surface area contributed by atoms with Gasteiger partial charge < -0.3 is 25.0 Å². The van der Waals surface area contributed by atoms with E-state index in [0.29, 0.717) is 42.2 Å². The molecule has 1 aliphatic heterocycles. The summed E-state index contributed by atoms with van der Waals surface area (Å²) in [6, 6.07) is 21.4. The molecular formula is C31H34ClN3O5. The van der Waals surface area contributed by atoms with Gasteiger partial charge in [-0.2, -0.15) is 0 Å². The Morgan fingerprint density at radius 2 is 1.75 bits per heavy atom. The molecule has 40 heavy (non-hydrogen) atoms. The first kappa shape index (κ1) is 29.0. The molecule has 3 aromatic carbocycles. The fraction of sp³-hybridized carbons (Fsp3) is 0.323. The van der Waals surface area contributed by atoms with Crippen molar-refractivity contribution >= 4 is 40.9 Å². The van der Waals surface area contributed by atoms with Crippen LogP contribution in [0.1, 0.15) is 62.0 Å². The number of halogens is 1. The first-order valence-corrected chi connectivity index (χ1v) is 13.7. The predicted octanol–water partition coefficient (Wildman–Crippen LogP) is 6.69. The third kappa shape index (κ3) is 6.74. The molecule has 3 amide bonds. The number of fused-ring (bicyclic) bond motifs is 1. The van der Waals surface area contributed by atoms with Crippen molar-refractivity contribution in [1.29, 1.82) is 0 Å². The molecule has 210 valence electrons. The van der Waals surface area contributed by atoms with Crippen LogP contribution >= 0.6 is 11.6 Å². The number of rotatable bonds is 9. The number of benzene rings is 3. The highest BCUT2D eigenvalue weighted by atomic mass is 35.5. The summed E-state index contributed by atoms with van der Waals surface area (Å²) < 4.78 is 5.79. The second kappa shape index (κ2) is 12.9. The maximum absolute atomic E-state index is 13.8. The Kier molecular flexibility index (Phi) is 9.32. The number of nitrogens with zero attached hydrogens (tertiary/aromatic N) is 2. The zero-order valence-corrected chi connectivity index (χ0v) is 23.6.